The molecular weight excluding hydrogens is 246 g/mol. The Morgan fingerprint density at radius 3 is 2.28 bits per heavy atom. The molecule has 0 saturated carbocycles. The third-order valence-electron chi connectivity index (χ3n) is 2.60. The number of nitrogens with one attached hydrogen (secondary N) is 1. The van der Waals surface area contributed by atoms with Crippen molar-refractivity contribution in [1.82, 2.24) is 0 Å². The van der Waals surface area contributed by atoms with Gasteiger partial charge in [-0.2, -0.15) is 0 Å². The number of rotatable bonds is 2. The maximum Gasteiger partial charge on any atom is 0.257 e. The highest BCUT2D eigenvalue weighted by molar-refractivity contribution is 6.34. The molecule has 3 heteroatoms. The quantitative estimate of drug-likeness (QED) is 0.860. The van der Waals surface area contributed by atoms with Crippen LogP contribution < -0.4 is 5.32 Å². The second kappa shape index (κ2) is 5.23. The van der Waals surface area contributed by atoms with Crippen LogP contribution in [0.4, 0.5) is 5.69 Å². The molecule has 0 aliphatic heterocycles. The van der Waals surface area contributed by atoms with Crippen molar-refractivity contribution in [3.8, 4) is 0 Å². The Hall–Kier alpha value is -1.80. The van der Waals surface area contributed by atoms with Gasteiger partial charge in [-0.15, -0.1) is 0 Å². The van der Waals surface area contributed by atoms with Gasteiger partial charge in [0.25, 0.3) is 5.91 Å². The van der Waals surface area contributed by atoms with Crippen LogP contribution in [-0.2, 0) is 0 Å². The number of amides is 1. The summed E-state index contributed by atoms with van der Waals surface area (Å²) in [6, 6.07) is 12.9. The minimum atomic E-state index is -0.189. The van der Waals surface area contributed by atoms with Crippen LogP contribution in [-0.4, -0.2) is 5.91 Å². The van der Waals surface area contributed by atoms with Crippen molar-refractivity contribution in [1.29, 1.82) is 0 Å². The van der Waals surface area contributed by atoms with Gasteiger partial charge < -0.3 is 5.32 Å². The van der Waals surface area contributed by atoms with Crippen molar-refractivity contribution < 1.29 is 4.79 Å². The van der Waals surface area contributed by atoms with Crippen molar-refractivity contribution in [2.75, 3.05) is 5.32 Å². The van der Waals surface area contributed by atoms with E-state index in [1.807, 2.05) is 26.0 Å². The lowest BCUT2D eigenvalue weighted by Crippen LogP contribution is -2.12. The van der Waals surface area contributed by atoms with Crippen molar-refractivity contribution >= 4 is 23.2 Å². The first-order valence-electron chi connectivity index (χ1n) is 5.70. The summed E-state index contributed by atoms with van der Waals surface area (Å²) >= 11 is 5.99. The molecule has 18 heavy (non-hydrogen) atoms. The molecule has 92 valence electrons. The maximum atomic E-state index is 12.1. The smallest absolute Gasteiger partial charge is 0.257 e. The molecule has 1 N–H and O–H groups in total. The summed E-state index contributed by atoms with van der Waals surface area (Å²) in [7, 11) is 0. The summed E-state index contributed by atoms with van der Waals surface area (Å²) < 4.78 is 0. The van der Waals surface area contributed by atoms with Crippen LogP contribution in [0.25, 0.3) is 0 Å². The Morgan fingerprint density at radius 2 is 1.67 bits per heavy atom. The lowest BCUT2D eigenvalue weighted by atomic mass is 10.1. The fourth-order valence-corrected chi connectivity index (χ4v) is 2.11. The molecule has 2 nitrogen and oxygen atoms in total. The Bertz CT molecular complexity index is 573. The molecule has 0 heterocycles. The summed E-state index contributed by atoms with van der Waals surface area (Å²) in [5.41, 5.74) is 3.50. The fourth-order valence-electron chi connectivity index (χ4n) is 1.89. The monoisotopic (exact) mass is 259 g/mol. The zero-order valence-corrected chi connectivity index (χ0v) is 11.1. The third-order valence-corrected chi connectivity index (χ3v) is 2.93. The lowest BCUT2D eigenvalue weighted by molar-refractivity contribution is 0.102. The summed E-state index contributed by atoms with van der Waals surface area (Å²) in [5, 5.41) is 3.32. The van der Waals surface area contributed by atoms with Gasteiger partial charge in [-0.1, -0.05) is 29.8 Å². The Balaban J connectivity index is 2.24. The Kier molecular flexibility index (Phi) is 3.68. The van der Waals surface area contributed by atoms with Crippen LogP contribution in [0.1, 0.15) is 21.5 Å². The van der Waals surface area contributed by atoms with Crippen LogP contribution in [0.3, 0.4) is 0 Å². The SMILES string of the molecule is Cc1cc(C)cc(NC(=O)c2ccccc2Cl)c1. The highest BCUT2D eigenvalue weighted by atomic mass is 35.5. The van der Waals surface area contributed by atoms with E-state index in [1.54, 1.807) is 24.3 Å². The van der Waals surface area contributed by atoms with E-state index in [2.05, 4.69) is 11.4 Å². The molecule has 0 bridgehead atoms. The van der Waals surface area contributed by atoms with Crippen molar-refractivity contribution in [3.63, 3.8) is 0 Å². The number of benzene rings is 2. The molecule has 0 spiro atoms. The number of anilines is 1. The minimum absolute atomic E-state index is 0.189. The van der Waals surface area contributed by atoms with Crippen LogP contribution in [0, 0.1) is 13.8 Å². The molecule has 0 unspecified atom stereocenters. The molecule has 0 saturated heterocycles. The summed E-state index contributed by atoms with van der Waals surface area (Å²) in [6.07, 6.45) is 0. The zero-order chi connectivity index (χ0) is 13.1. The number of aryl methyl sites for hydroxylation is 2. The van der Waals surface area contributed by atoms with E-state index in [0.29, 0.717) is 10.6 Å². The molecule has 0 radical (unpaired) electrons. The topological polar surface area (TPSA) is 29.1 Å². The van der Waals surface area contributed by atoms with E-state index in [1.165, 1.54) is 0 Å². The zero-order valence-electron chi connectivity index (χ0n) is 10.3. The predicted molar refractivity (Wildman–Crippen MR) is 75.3 cm³/mol. The Morgan fingerprint density at radius 1 is 1.06 bits per heavy atom. The Labute approximate surface area is 112 Å². The lowest BCUT2D eigenvalue weighted by Gasteiger charge is -2.08. The molecule has 0 aliphatic carbocycles. The van der Waals surface area contributed by atoms with Crippen LogP contribution in [0.5, 0.6) is 0 Å². The van der Waals surface area contributed by atoms with Gasteiger partial charge in [0, 0.05) is 5.69 Å². The van der Waals surface area contributed by atoms with Crippen LogP contribution in [0.2, 0.25) is 5.02 Å². The van der Waals surface area contributed by atoms with Gasteiger partial charge in [0.15, 0.2) is 0 Å². The average molecular weight is 260 g/mol. The molecule has 0 aromatic heterocycles. The number of carbonyl (C=O) groups is 1. The van der Waals surface area contributed by atoms with Crippen molar-refractivity contribution in [2.45, 2.75) is 13.8 Å². The van der Waals surface area contributed by atoms with Crippen molar-refractivity contribution in [3.05, 3.63) is 64.2 Å². The molecule has 2 rings (SSSR count). The number of hydrogen-bond donors (Lipinski definition) is 1. The third kappa shape index (κ3) is 2.90. The predicted octanol–water partition coefficient (Wildman–Crippen LogP) is 4.21. The summed E-state index contributed by atoms with van der Waals surface area (Å²) in [5.74, 6) is -0.189. The van der Waals surface area contributed by atoms with E-state index in [0.717, 1.165) is 16.8 Å². The molecule has 0 aliphatic rings. The second-order valence-electron chi connectivity index (χ2n) is 4.31. The summed E-state index contributed by atoms with van der Waals surface area (Å²) in [6.45, 7) is 4.00. The first-order chi connectivity index (χ1) is 8.56. The van der Waals surface area contributed by atoms with Gasteiger partial charge in [-0.25, -0.2) is 0 Å². The highest BCUT2D eigenvalue weighted by Crippen LogP contribution is 2.18. The van der Waals surface area contributed by atoms with Crippen LogP contribution >= 0.6 is 11.6 Å². The molecular formula is C15H14ClNO. The second-order valence-corrected chi connectivity index (χ2v) is 4.72. The molecule has 0 fully saturated rings. The van der Waals surface area contributed by atoms with E-state index in [4.69, 9.17) is 11.6 Å². The van der Waals surface area contributed by atoms with Gasteiger partial charge >= 0.3 is 0 Å². The minimum Gasteiger partial charge on any atom is -0.322 e. The van der Waals surface area contributed by atoms with Crippen LogP contribution in [0.15, 0.2) is 42.5 Å². The number of carbonyl (C=O) groups excluding carboxylic acids is 1. The first kappa shape index (κ1) is 12.7. The van der Waals surface area contributed by atoms with E-state index in [9.17, 15) is 4.79 Å². The van der Waals surface area contributed by atoms with E-state index >= 15 is 0 Å². The number of halogens is 1. The van der Waals surface area contributed by atoms with Gasteiger partial charge in [-0.3, -0.25) is 4.79 Å². The number of hydrogen-bond acceptors (Lipinski definition) is 1. The highest BCUT2D eigenvalue weighted by Gasteiger charge is 2.09. The van der Waals surface area contributed by atoms with Gasteiger partial charge in [-0.05, 0) is 49.2 Å². The summed E-state index contributed by atoms with van der Waals surface area (Å²) in [4.78, 5) is 12.1. The molecule has 0 atom stereocenters. The van der Waals surface area contributed by atoms with E-state index < -0.39 is 0 Å². The molecule has 2 aromatic rings. The van der Waals surface area contributed by atoms with Gasteiger partial charge in [0.2, 0.25) is 0 Å². The van der Waals surface area contributed by atoms with E-state index in [-0.39, 0.29) is 5.91 Å². The van der Waals surface area contributed by atoms with Crippen molar-refractivity contribution in [2.24, 2.45) is 0 Å². The average Bonchev–Trinajstić information content (AvgIpc) is 2.27. The normalized spacial score (nSPS) is 10.2. The van der Waals surface area contributed by atoms with Gasteiger partial charge in [0.05, 0.1) is 10.6 Å². The first-order valence-corrected chi connectivity index (χ1v) is 6.08. The fraction of sp³-hybridized carbons (Fsp3) is 0.133. The van der Waals surface area contributed by atoms with Gasteiger partial charge in [0.1, 0.15) is 0 Å². The standard InChI is InChI=1S/C15H14ClNO/c1-10-7-11(2)9-12(8-10)17-15(18)13-5-3-4-6-14(13)16/h3-9H,1-2H3,(H,17,18). The molecule has 1 amide bonds. The molecule has 2 aromatic carbocycles. The largest absolute Gasteiger partial charge is 0.322 e. The maximum absolute atomic E-state index is 12.1.